The minimum absolute atomic E-state index is 0.136. The topological polar surface area (TPSA) is 96.0 Å². The SMILES string of the molecule is CNc1ncc(C(=O)OC(C)(C)C)cc1COP(=O)(OC(C)(C)C)OC(C)(C)C. The van der Waals surface area contributed by atoms with E-state index in [1.165, 1.54) is 6.20 Å². The van der Waals surface area contributed by atoms with Crippen molar-refractivity contribution in [3.05, 3.63) is 23.4 Å². The average Bonchev–Trinajstić information content (AvgIpc) is 2.47. The summed E-state index contributed by atoms with van der Waals surface area (Å²) in [6.07, 6.45) is 1.42. The second kappa shape index (κ2) is 9.13. The van der Waals surface area contributed by atoms with Crippen LogP contribution >= 0.6 is 7.82 Å². The van der Waals surface area contributed by atoms with E-state index < -0.39 is 30.6 Å². The Labute approximate surface area is 174 Å². The van der Waals surface area contributed by atoms with Crippen LogP contribution in [0, 0.1) is 0 Å². The van der Waals surface area contributed by atoms with Gasteiger partial charge in [0.2, 0.25) is 0 Å². The number of pyridine rings is 1. The van der Waals surface area contributed by atoms with E-state index >= 15 is 0 Å². The number of carbonyl (C=O) groups excluding carboxylic acids is 1. The van der Waals surface area contributed by atoms with Crippen molar-refractivity contribution in [2.45, 2.75) is 85.7 Å². The number of carbonyl (C=O) groups is 1. The van der Waals surface area contributed by atoms with Gasteiger partial charge >= 0.3 is 13.8 Å². The highest BCUT2D eigenvalue weighted by Gasteiger charge is 2.37. The number of hydrogen-bond acceptors (Lipinski definition) is 8. The van der Waals surface area contributed by atoms with Crippen LogP contribution in [0.4, 0.5) is 5.82 Å². The molecular weight excluding hydrogens is 395 g/mol. The fourth-order valence-electron chi connectivity index (χ4n) is 2.18. The molecule has 1 heterocycles. The van der Waals surface area contributed by atoms with Gasteiger partial charge < -0.3 is 10.1 Å². The molecule has 1 rings (SSSR count). The number of nitrogens with zero attached hydrogens (tertiary/aromatic N) is 1. The van der Waals surface area contributed by atoms with Crippen LogP contribution in [0.5, 0.6) is 0 Å². The van der Waals surface area contributed by atoms with Crippen LogP contribution in [0.1, 0.15) is 78.2 Å². The van der Waals surface area contributed by atoms with E-state index in [2.05, 4.69) is 10.3 Å². The van der Waals surface area contributed by atoms with Gasteiger partial charge in [-0.15, -0.1) is 0 Å². The minimum Gasteiger partial charge on any atom is -0.456 e. The zero-order chi connectivity index (χ0) is 22.7. The number of nitrogens with one attached hydrogen (secondary N) is 1. The molecule has 0 unspecified atom stereocenters. The van der Waals surface area contributed by atoms with Crippen LogP contribution in [0.15, 0.2) is 12.3 Å². The van der Waals surface area contributed by atoms with E-state index in [-0.39, 0.29) is 12.2 Å². The molecule has 0 saturated heterocycles. The molecular formula is C20H35N2O6P. The normalized spacial score (nSPS) is 13.3. The van der Waals surface area contributed by atoms with Gasteiger partial charge in [0.05, 0.1) is 23.4 Å². The third-order valence-corrected chi connectivity index (χ3v) is 4.98. The molecule has 1 N–H and O–H groups in total. The molecule has 166 valence electrons. The molecule has 29 heavy (non-hydrogen) atoms. The van der Waals surface area contributed by atoms with Crippen LogP contribution in [-0.2, 0) is 29.5 Å². The summed E-state index contributed by atoms with van der Waals surface area (Å²) in [7, 11) is -2.21. The predicted molar refractivity (Wildman–Crippen MR) is 113 cm³/mol. The van der Waals surface area contributed by atoms with Crippen molar-refractivity contribution < 1.29 is 27.7 Å². The highest BCUT2D eigenvalue weighted by molar-refractivity contribution is 7.48. The Hall–Kier alpha value is -1.47. The Balaban J connectivity index is 3.14. The Morgan fingerprint density at radius 2 is 1.52 bits per heavy atom. The summed E-state index contributed by atoms with van der Waals surface area (Å²) in [5.74, 6) is -0.0238. The molecule has 0 radical (unpaired) electrons. The lowest BCUT2D eigenvalue weighted by Gasteiger charge is -2.31. The first-order valence-corrected chi connectivity index (χ1v) is 11.0. The van der Waals surface area contributed by atoms with E-state index in [0.717, 1.165) is 0 Å². The molecule has 0 aliphatic rings. The number of phosphoric ester groups is 1. The Kier molecular flexibility index (Phi) is 8.05. The molecule has 8 nitrogen and oxygen atoms in total. The second-order valence-corrected chi connectivity index (χ2v) is 11.1. The summed E-state index contributed by atoms with van der Waals surface area (Å²) in [6.45, 7) is 15.8. The molecule has 0 aliphatic carbocycles. The Morgan fingerprint density at radius 1 is 1.00 bits per heavy atom. The first kappa shape index (κ1) is 25.6. The zero-order valence-corrected chi connectivity index (χ0v) is 20.1. The minimum atomic E-state index is -3.90. The van der Waals surface area contributed by atoms with Gasteiger partial charge in [0.25, 0.3) is 0 Å². The lowest BCUT2D eigenvalue weighted by Crippen LogP contribution is -2.25. The van der Waals surface area contributed by atoms with Crippen LogP contribution in [0.3, 0.4) is 0 Å². The van der Waals surface area contributed by atoms with Gasteiger partial charge in [-0.3, -0.25) is 13.6 Å². The van der Waals surface area contributed by atoms with Gasteiger partial charge in [-0.2, -0.15) is 0 Å². The number of rotatable bonds is 7. The highest BCUT2D eigenvalue weighted by atomic mass is 31.2. The first-order valence-electron chi connectivity index (χ1n) is 9.49. The summed E-state index contributed by atoms with van der Waals surface area (Å²) in [4.78, 5) is 16.6. The number of phosphoric acid groups is 1. The molecule has 0 aliphatic heterocycles. The van der Waals surface area contributed by atoms with E-state index in [1.54, 1.807) is 75.4 Å². The van der Waals surface area contributed by atoms with Crippen LogP contribution in [-0.4, -0.2) is 34.8 Å². The quantitative estimate of drug-likeness (QED) is 0.458. The fraction of sp³-hybridized carbons (Fsp3) is 0.700. The van der Waals surface area contributed by atoms with Crippen molar-refractivity contribution in [1.29, 1.82) is 0 Å². The molecule has 0 atom stereocenters. The predicted octanol–water partition coefficient (Wildman–Crippen LogP) is 5.33. The van der Waals surface area contributed by atoms with Gasteiger partial charge in [-0.1, -0.05) is 0 Å². The molecule has 1 aromatic heterocycles. The Bertz CT molecular complexity index is 740. The second-order valence-electron chi connectivity index (χ2n) is 9.61. The maximum absolute atomic E-state index is 13.2. The molecule has 0 amide bonds. The van der Waals surface area contributed by atoms with Crippen molar-refractivity contribution in [2.24, 2.45) is 0 Å². The molecule has 1 aromatic rings. The summed E-state index contributed by atoms with van der Waals surface area (Å²) in [5, 5.41) is 2.93. The van der Waals surface area contributed by atoms with Gasteiger partial charge in [-0.25, -0.2) is 14.3 Å². The number of hydrogen-bond donors (Lipinski definition) is 1. The van der Waals surface area contributed by atoms with Crippen LogP contribution in [0.25, 0.3) is 0 Å². The number of anilines is 1. The fourth-order valence-corrected chi connectivity index (χ4v) is 3.97. The molecule has 0 bridgehead atoms. The molecule has 0 saturated carbocycles. The summed E-state index contributed by atoms with van der Waals surface area (Å²) in [6, 6.07) is 1.59. The van der Waals surface area contributed by atoms with E-state index in [9.17, 15) is 9.36 Å². The lowest BCUT2D eigenvalue weighted by atomic mass is 10.1. The largest absolute Gasteiger partial charge is 0.476 e. The van der Waals surface area contributed by atoms with Crippen molar-refractivity contribution in [3.8, 4) is 0 Å². The number of ether oxygens (including phenoxy) is 1. The zero-order valence-electron chi connectivity index (χ0n) is 19.2. The molecule has 0 fully saturated rings. The third kappa shape index (κ3) is 9.72. The number of aromatic nitrogens is 1. The smallest absolute Gasteiger partial charge is 0.456 e. The highest BCUT2D eigenvalue weighted by Crippen LogP contribution is 2.56. The van der Waals surface area contributed by atoms with Gasteiger partial charge in [-0.05, 0) is 68.4 Å². The maximum atomic E-state index is 13.2. The van der Waals surface area contributed by atoms with Gasteiger partial charge in [0, 0.05) is 18.8 Å². The van der Waals surface area contributed by atoms with Crippen LogP contribution < -0.4 is 5.32 Å². The van der Waals surface area contributed by atoms with Crippen LogP contribution in [0.2, 0.25) is 0 Å². The van der Waals surface area contributed by atoms with Crippen molar-refractivity contribution in [3.63, 3.8) is 0 Å². The van der Waals surface area contributed by atoms with E-state index in [0.29, 0.717) is 11.4 Å². The lowest BCUT2D eigenvalue weighted by molar-refractivity contribution is 0.000817. The van der Waals surface area contributed by atoms with Crippen molar-refractivity contribution in [1.82, 2.24) is 4.98 Å². The van der Waals surface area contributed by atoms with E-state index in [4.69, 9.17) is 18.3 Å². The third-order valence-electron chi connectivity index (χ3n) is 2.99. The Morgan fingerprint density at radius 3 is 1.93 bits per heavy atom. The van der Waals surface area contributed by atoms with Gasteiger partial charge in [0.1, 0.15) is 11.4 Å². The molecule has 9 heteroatoms. The summed E-state index contributed by atoms with van der Waals surface area (Å²) < 4.78 is 35.5. The van der Waals surface area contributed by atoms with Gasteiger partial charge in [0.15, 0.2) is 0 Å². The van der Waals surface area contributed by atoms with Crippen molar-refractivity contribution >= 4 is 19.6 Å². The van der Waals surface area contributed by atoms with Crippen molar-refractivity contribution in [2.75, 3.05) is 12.4 Å². The first-order chi connectivity index (χ1) is 12.9. The standard InChI is InChI=1S/C20H35N2O6P/c1-18(2,3)26-17(23)14-11-15(16(21-10)22-12-14)13-25-29(24,27-19(4,5)6)28-20(7,8)9/h11-12H,13H2,1-10H3,(H,21,22). The average molecular weight is 430 g/mol. The monoisotopic (exact) mass is 430 g/mol. The van der Waals surface area contributed by atoms with E-state index in [1.807, 2.05) is 0 Å². The number of esters is 1. The summed E-state index contributed by atoms with van der Waals surface area (Å²) >= 11 is 0. The molecule has 0 spiro atoms. The molecule has 0 aromatic carbocycles. The maximum Gasteiger partial charge on any atom is 0.476 e. The summed E-state index contributed by atoms with van der Waals surface area (Å²) in [5.41, 5.74) is -1.34.